The van der Waals surface area contributed by atoms with E-state index in [0.29, 0.717) is 11.4 Å². The Morgan fingerprint density at radius 2 is 1.57 bits per heavy atom. The molecule has 0 fully saturated rings. The Morgan fingerprint density at radius 1 is 1.07 bits per heavy atom. The first-order chi connectivity index (χ1) is 6.38. The number of alkyl halides is 1. The molecule has 0 nitrogen and oxygen atoms in total. The molecule has 0 spiro atoms. The molecule has 0 atom stereocenters. The van der Waals surface area contributed by atoms with Crippen molar-refractivity contribution in [2.75, 3.05) is 5.33 Å². The molecule has 0 unspecified atom stereocenters. The van der Waals surface area contributed by atoms with Crippen LogP contribution >= 0.6 is 15.9 Å². The summed E-state index contributed by atoms with van der Waals surface area (Å²) in [4.78, 5) is 0. The average Bonchev–Trinajstić information content (AvgIpc) is 2.11. The van der Waals surface area contributed by atoms with Gasteiger partial charge in [0.25, 0.3) is 0 Å². The maximum atomic E-state index is 13.3. The molecule has 0 saturated carbocycles. The lowest BCUT2D eigenvalue weighted by atomic mass is 9.86. The standard InChI is InChI=1S/C10H10BrF3/c1-10(2,5-11)6-3-8(13)9(14)4-7(6)12/h3-4H,5H2,1-2H3. The molecule has 0 aliphatic heterocycles. The highest BCUT2D eigenvalue weighted by Crippen LogP contribution is 2.29. The van der Waals surface area contributed by atoms with Crippen molar-refractivity contribution in [1.29, 1.82) is 0 Å². The smallest absolute Gasteiger partial charge is 0.161 e. The van der Waals surface area contributed by atoms with Gasteiger partial charge in [-0.3, -0.25) is 0 Å². The van der Waals surface area contributed by atoms with Gasteiger partial charge in [-0.25, -0.2) is 13.2 Å². The second-order valence-corrected chi connectivity index (χ2v) is 4.32. The summed E-state index contributed by atoms with van der Waals surface area (Å²) in [6, 6.07) is 1.49. The van der Waals surface area contributed by atoms with Gasteiger partial charge in [-0.15, -0.1) is 0 Å². The number of hydrogen-bond acceptors (Lipinski definition) is 0. The molecule has 0 bridgehead atoms. The summed E-state index contributed by atoms with van der Waals surface area (Å²) >= 11 is 3.20. The largest absolute Gasteiger partial charge is 0.207 e. The van der Waals surface area contributed by atoms with Gasteiger partial charge in [0.15, 0.2) is 11.6 Å². The van der Waals surface area contributed by atoms with Crippen molar-refractivity contribution in [3.8, 4) is 0 Å². The van der Waals surface area contributed by atoms with Crippen LogP contribution in [-0.4, -0.2) is 5.33 Å². The van der Waals surface area contributed by atoms with E-state index in [1.165, 1.54) is 0 Å². The molecule has 0 heterocycles. The van der Waals surface area contributed by atoms with Gasteiger partial charge in [-0.2, -0.15) is 0 Å². The Hall–Kier alpha value is -0.510. The zero-order valence-electron chi connectivity index (χ0n) is 7.87. The molecule has 1 aromatic carbocycles. The first kappa shape index (κ1) is 11.6. The van der Waals surface area contributed by atoms with Gasteiger partial charge < -0.3 is 0 Å². The van der Waals surface area contributed by atoms with Crippen LogP contribution in [0.1, 0.15) is 19.4 Å². The van der Waals surface area contributed by atoms with Crippen LogP contribution in [0.3, 0.4) is 0 Å². The Balaban J connectivity index is 3.29. The molecule has 0 radical (unpaired) electrons. The van der Waals surface area contributed by atoms with Gasteiger partial charge in [-0.05, 0) is 11.6 Å². The van der Waals surface area contributed by atoms with Crippen molar-refractivity contribution in [2.45, 2.75) is 19.3 Å². The molecule has 0 amide bonds. The van der Waals surface area contributed by atoms with Gasteiger partial charge in [0.05, 0.1) is 0 Å². The predicted octanol–water partition coefficient (Wildman–Crippen LogP) is 3.78. The maximum Gasteiger partial charge on any atom is 0.161 e. The van der Waals surface area contributed by atoms with E-state index in [1.807, 2.05) is 0 Å². The molecule has 0 saturated heterocycles. The Labute approximate surface area is 89.3 Å². The molecule has 1 aromatic rings. The van der Waals surface area contributed by atoms with Crippen molar-refractivity contribution >= 4 is 15.9 Å². The first-order valence-corrected chi connectivity index (χ1v) is 5.21. The van der Waals surface area contributed by atoms with E-state index < -0.39 is 22.9 Å². The SMILES string of the molecule is CC(C)(CBr)c1cc(F)c(F)cc1F. The Kier molecular flexibility index (Phi) is 3.24. The first-order valence-electron chi connectivity index (χ1n) is 4.09. The van der Waals surface area contributed by atoms with Crippen LogP contribution in [0.15, 0.2) is 12.1 Å². The molecular formula is C10H10BrF3. The highest BCUT2D eigenvalue weighted by Gasteiger charge is 2.24. The van der Waals surface area contributed by atoms with Gasteiger partial charge in [0.1, 0.15) is 5.82 Å². The summed E-state index contributed by atoms with van der Waals surface area (Å²) in [6.45, 7) is 3.50. The number of rotatable bonds is 2. The Morgan fingerprint density at radius 3 is 2.07 bits per heavy atom. The summed E-state index contributed by atoms with van der Waals surface area (Å²) in [5.74, 6) is -2.89. The summed E-state index contributed by atoms with van der Waals surface area (Å²) < 4.78 is 38.8. The Bertz CT molecular complexity index is 347. The normalized spacial score (nSPS) is 11.9. The highest BCUT2D eigenvalue weighted by molar-refractivity contribution is 9.09. The third-order valence-corrected chi connectivity index (χ3v) is 3.48. The van der Waals surface area contributed by atoms with Crippen molar-refractivity contribution in [3.63, 3.8) is 0 Å². The summed E-state index contributed by atoms with van der Waals surface area (Å²) in [6.07, 6.45) is 0. The van der Waals surface area contributed by atoms with E-state index in [-0.39, 0.29) is 5.56 Å². The van der Waals surface area contributed by atoms with E-state index in [2.05, 4.69) is 15.9 Å². The van der Waals surface area contributed by atoms with Crippen molar-refractivity contribution < 1.29 is 13.2 Å². The quantitative estimate of drug-likeness (QED) is 0.565. The zero-order chi connectivity index (χ0) is 10.9. The fourth-order valence-electron chi connectivity index (χ4n) is 1.11. The van der Waals surface area contributed by atoms with E-state index in [0.717, 1.165) is 6.07 Å². The fourth-order valence-corrected chi connectivity index (χ4v) is 1.42. The zero-order valence-corrected chi connectivity index (χ0v) is 9.46. The van der Waals surface area contributed by atoms with E-state index >= 15 is 0 Å². The minimum Gasteiger partial charge on any atom is -0.207 e. The van der Waals surface area contributed by atoms with Crippen LogP contribution in [0.5, 0.6) is 0 Å². The lowest BCUT2D eigenvalue weighted by Crippen LogP contribution is -2.21. The number of hydrogen-bond donors (Lipinski definition) is 0. The van der Waals surface area contributed by atoms with Crippen LogP contribution in [-0.2, 0) is 5.41 Å². The molecule has 1 rings (SSSR count). The monoisotopic (exact) mass is 266 g/mol. The molecule has 4 heteroatoms. The van der Waals surface area contributed by atoms with Crippen molar-refractivity contribution in [1.82, 2.24) is 0 Å². The van der Waals surface area contributed by atoms with Gasteiger partial charge in [0.2, 0.25) is 0 Å². The summed E-state index contributed by atoms with van der Waals surface area (Å²) in [5.41, 5.74) is -0.383. The highest BCUT2D eigenvalue weighted by atomic mass is 79.9. The van der Waals surface area contributed by atoms with Crippen LogP contribution in [0.25, 0.3) is 0 Å². The van der Waals surface area contributed by atoms with E-state index in [9.17, 15) is 13.2 Å². The van der Waals surface area contributed by atoms with Gasteiger partial charge in [-0.1, -0.05) is 29.8 Å². The lowest BCUT2D eigenvalue weighted by Gasteiger charge is -2.22. The fraction of sp³-hybridized carbons (Fsp3) is 0.400. The molecule has 0 aliphatic rings. The molecule has 14 heavy (non-hydrogen) atoms. The van der Waals surface area contributed by atoms with Crippen LogP contribution in [0.4, 0.5) is 13.2 Å². The van der Waals surface area contributed by atoms with E-state index in [4.69, 9.17) is 0 Å². The third kappa shape index (κ3) is 2.11. The molecule has 0 N–H and O–H groups in total. The van der Waals surface area contributed by atoms with E-state index in [1.54, 1.807) is 13.8 Å². The van der Waals surface area contributed by atoms with Crippen molar-refractivity contribution in [2.24, 2.45) is 0 Å². The number of benzene rings is 1. The van der Waals surface area contributed by atoms with Crippen molar-refractivity contribution in [3.05, 3.63) is 35.1 Å². The third-order valence-electron chi connectivity index (χ3n) is 2.07. The lowest BCUT2D eigenvalue weighted by molar-refractivity contribution is 0.471. The molecular weight excluding hydrogens is 257 g/mol. The minimum absolute atomic E-state index is 0.174. The number of halogens is 4. The second-order valence-electron chi connectivity index (χ2n) is 3.76. The molecule has 78 valence electrons. The minimum atomic E-state index is -1.16. The van der Waals surface area contributed by atoms with Gasteiger partial charge >= 0.3 is 0 Å². The summed E-state index contributed by atoms with van der Waals surface area (Å²) in [5, 5.41) is 0.474. The average molecular weight is 267 g/mol. The van der Waals surface area contributed by atoms with Crippen LogP contribution < -0.4 is 0 Å². The predicted molar refractivity (Wildman–Crippen MR) is 53.1 cm³/mol. The second kappa shape index (κ2) is 3.93. The molecule has 0 aromatic heterocycles. The summed E-state index contributed by atoms with van der Waals surface area (Å²) in [7, 11) is 0. The van der Waals surface area contributed by atoms with Crippen LogP contribution in [0.2, 0.25) is 0 Å². The maximum absolute atomic E-state index is 13.3. The topological polar surface area (TPSA) is 0 Å². The van der Waals surface area contributed by atoms with Crippen LogP contribution in [0, 0.1) is 17.5 Å². The molecule has 0 aliphatic carbocycles. The van der Waals surface area contributed by atoms with Gasteiger partial charge in [0, 0.05) is 16.8 Å².